The van der Waals surface area contributed by atoms with Crippen LogP contribution in [0.2, 0.25) is 0 Å². The highest BCUT2D eigenvalue weighted by Crippen LogP contribution is 2.38. The summed E-state index contributed by atoms with van der Waals surface area (Å²) < 4.78 is 24.8. The van der Waals surface area contributed by atoms with Crippen molar-refractivity contribution in [2.45, 2.75) is 30.3 Å². The topological polar surface area (TPSA) is 71.5 Å². The molecule has 5 nitrogen and oxygen atoms in total. The number of rotatable bonds is 5. The number of nitrogens with zero attached hydrogens (tertiary/aromatic N) is 1. The van der Waals surface area contributed by atoms with Gasteiger partial charge < -0.3 is 4.90 Å². The minimum atomic E-state index is -3.47. The van der Waals surface area contributed by atoms with Crippen LogP contribution in [0.1, 0.15) is 24.1 Å². The quantitative estimate of drug-likeness (QED) is 0.822. The number of benzene rings is 2. The molecule has 0 N–H and O–H groups in total. The number of carbonyl (C=O) groups excluding carboxylic acids is 2. The van der Waals surface area contributed by atoms with E-state index < -0.39 is 21.9 Å². The summed E-state index contributed by atoms with van der Waals surface area (Å²) in [4.78, 5) is 25.5. The first-order valence-corrected chi connectivity index (χ1v) is 9.61. The van der Waals surface area contributed by atoms with Crippen LogP contribution in [-0.4, -0.2) is 37.3 Å². The monoisotopic (exact) mass is 356 g/mol. The highest BCUT2D eigenvalue weighted by atomic mass is 32.2. The molecule has 2 atom stereocenters. The summed E-state index contributed by atoms with van der Waals surface area (Å²) in [5.74, 6) is -0.556. The van der Waals surface area contributed by atoms with Gasteiger partial charge in [0.05, 0.1) is 16.7 Å². The highest BCUT2D eigenvalue weighted by molar-refractivity contribution is 7.91. The first-order valence-electron chi connectivity index (χ1n) is 7.96. The van der Waals surface area contributed by atoms with Gasteiger partial charge >= 0.3 is 0 Å². The molecule has 0 fully saturated rings. The van der Waals surface area contributed by atoms with Gasteiger partial charge in [0.25, 0.3) is 0 Å². The number of amides is 1. The second-order valence-corrected chi connectivity index (χ2v) is 8.09. The van der Waals surface area contributed by atoms with E-state index in [0.29, 0.717) is 12.0 Å². The van der Waals surface area contributed by atoms with Crippen LogP contribution in [0.3, 0.4) is 0 Å². The predicted molar refractivity (Wildman–Crippen MR) is 93.4 cm³/mol. The maximum atomic E-state index is 12.4. The van der Waals surface area contributed by atoms with Crippen LogP contribution >= 0.6 is 0 Å². The molecule has 1 amide bonds. The van der Waals surface area contributed by atoms with Crippen molar-refractivity contribution >= 4 is 22.0 Å². The summed E-state index contributed by atoms with van der Waals surface area (Å²) in [6, 6.07) is 14.4. The molecular weight excluding hydrogens is 338 g/mol. The number of hydrogen-bond acceptors (Lipinski definition) is 4. The van der Waals surface area contributed by atoms with E-state index in [1.54, 1.807) is 24.3 Å². The lowest BCUT2D eigenvalue weighted by Gasteiger charge is -2.32. The van der Waals surface area contributed by atoms with Gasteiger partial charge in [0.15, 0.2) is 9.84 Å². The number of hydrogen-bond donors (Lipinski definition) is 0. The fraction of sp³-hybridized carbons (Fsp3) is 0.263. The smallest absolute Gasteiger partial charge is 0.223 e. The van der Waals surface area contributed by atoms with Gasteiger partial charge in [0.2, 0.25) is 12.2 Å². The second-order valence-electron chi connectivity index (χ2n) is 6.08. The molecule has 1 aliphatic heterocycles. The Morgan fingerprint density at radius 1 is 1.16 bits per heavy atom. The predicted octanol–water partition coefficient (Wildman–Crippen LogP) is 2.08. The van der Waals surface area contributed by atoms with Gasteiger partial charge in [0.1, 0.15) is 6.04 Å². The van der Waals surface area contributed by atoms with Crippen LogP contribution in [0.25, 0.3) is 0 Å². The molecule has 0 saturated heterocycles. The minimum Gasteiger partial charge on any atom is -0.324 e. The van der Waals surface area contributed by atoms with Crippen molar-refractivity contribution in [3.8, 4) is 0 Å². The van der Waals surface area contributed by atoms with Crippen LogP contribution in [0, 0.1) is 0 Å². The summed E-state index contributed by atoms with van der Waals surface area (Å²) in [6.45, 7) is 1.35. The van der Waals surface area contributed by atoms with Gasteiger partial charge in [-0.2, -0.15) is 0 Å². The molecule has 6 heteroatoms. The van der Waals surface area contributed by atoms with Crippen molar-refractivity contribution in [2.24, 2.45) is 0 Å². The molecule has 25 heavy (non-hydrogen) atoms. The minimum absolute atomic E-state index is 0.209. The van der Waals surface area contributed by atoms with Crippen molar-refractivity contribution < 1.29 is 18.0 Å². The third-order valence-electron chi connectivity index (χ3n) is 4.43. The zero-order valence-electron chi connectivity index (χ0n) is 13.8. The summed E-state index contributed by atoms with van der Waals surface area (Å²) >= 11 is 0. The van der Waals surface area contributed by atoms with E-state index in [4.69, 9.17) is 0 Å². The zero-order chi connectivity index (χ0) is 18.0. The van der Waals surface area contributed by atoms with Gasteiger partial charge in [-0.15, -0.1) is 0 Å². The normalized spacial score (nSPS) is 19.0. The van der Waals surface area contributed by atoms with Crippen molar-refractivity contribution in [1.82, 2.24) is 4.90 Å². The van der Waals surface area contributed by atoms with Crippen LogP contribution in [-0.2, 0) is 25.8 Å². The molecule has 2 aromatic carbocycles. The van der Waals surface area contributed by atoms with Crippen LogP contribution in [0.5, 0.6) is 0 Å². The molecule has 0 saturated carbocycles. The van der Waals surface area contributed by atoms with E-state index in [9.17, 15) is 18.0 Å². The standard InChI is InChI=1S/C19H18NO4S/c1-14(22)20(16(12-21)11-15-7-3-2-4-8-15)18-13-25(23,24)19-10-6-5-9-17(18)19/h2-10,16,18H,11,13H2,1H3/t16?,18-/m1/s1. The molecule has 1 unspecified atom stereocenters. The Balaban J connectivity index is 1.99. The molecule has 2 aromatic rings. The molecule has 1 heterocycles. The van der Waals surface area contributed by atoms with Crippen molar-refractivity contribution in [2.75, 3.05) is 5.75 Å². The molecule has 0 spiro atoms. The van der Waals surface area contributed by atoms with Crippen LogP contribution in [0.15, 0.2) is 59.5 Å². The Morgan fingerprint density at radius 2 is 1.80 bits per heavy atom. The lowest BCUT2D eigenvalue weighted by atomic mass is 10.0. The first kappa shape index (κ1) is 17.4. The summed E-state index contributed by atoms with van der Waals surface area (Å²) in [6.07, 6.45) is 2.22. The molecule has 0 bridgehead atoms. The molecule has 3 rings (SSSR count). The Bertz CT molecular complexity index is 893. The second kappa shape index (κ2) is 6.80. The summed E-state index contributed by atoms with van der Waals surface area (Å²) in [7, 11) is -3.47. The van der Waals surface area contributed by atoms with E-state index >= 15 is 0 Å². The Morgan fingerprint density at radius 3 is 2.44 bits per heavy atom. The SMILES string of the molecule is CC(=O)N(C([C]=O)Cc1ccccc1)[C@@H]1CS(=O)(=O)c2ccccc21. The van der Waals surface area contributed by atoms with Crippen LogP contribution in [0.4, 0.5) is 0 Å². The highest BCUT2D eigenvalue weighted by Gasteiger charge is 2.41. The average molecular weight is 356 g/mol. The molecule has 0 aromatic heterocycles. The van der Waals surface area contributed by atoms with E-state index in [1.165, 1.54) is 11.8 Å². The number of fused-ring (bicyclic) bond motifs is 1. The lowest BCUT2D eigenvalue weighted by molar-refractivity contribution is -0.132. The summed E-state index contributed by atoms with van der Waals surface area (Å²) in [5.41, 5.74) is 1.45. The van der Waals surface area contributed by atoms with Gasteiger partial charge in [-0.05, 0) is 17.2 Å². The lowest BCUT2D eigenvalue weighted by Crippen LogP contribution is -2.44. The summed E-state index contributed by atoms with van der Waals surface area (Å²) in [5, 5.41) is 0. The van der Waals surface area contributed by atoms with Crippen molar-refractivity contribution in [3.63, 3.8) is 0 Å². The number of sulfone groups is 1. The van der Waals surface area contributed by atoms with Crippen molar-refractivity contribution in [1.29, 1.82) is 0 Å². The van der Waals surface area contributed by atoms with Crippen molar-refractivity contribution in [3.05, 3.63) is 65.7 Å². The Labute approximate surface area is 147 Å². The van der Waals surface area contributed by atoms with E-state index in [1.807, 2.05) is 36.6 Å². The van der Waals surface area contributed by atoms with Gasteiger partial charge in [0, 0.05) is 13.3 Å². The van der Waals surface area contributed by atoms with Crippen LogP contribution < -0.4 is 0 Å². The average Bonchev–Trinajstić information content (AvgIpc) is 2.86. The van der Waals surface area contributed by atoms with E-state index in [-0.39, 0.29) is 16.6 Å². The largest absolute Gasteiger partial charge is 0.324 e. The van der Waals surface area contributed by atoms with E-state index in [0.717, 1.165) is 5.56 Å². The molecule has 0 aliphatic carbocycles. The maximum Gasteiger partial charge on any atom is 0.223 e. The Kier molecular flexibility index (Phi) is 4.72. The molecule has 1 aliphatic rings. The van der Waals surface area contributed by atoms with Gasteiger partial charge in [-0.3, -0.25) is 9.59 Å². The first-order chi connectivity index (χ1) is 11.9. The third-order valence-corrected chi connectivity index (χ3v) is 6.23. The van der Waals surface area contributed by atoms with Gasteiger partial charge in [-0.25, -0.2) is 8.42 Å². The number of carbonyl (C=O) groups is 1. The molecule has 1 radical (unpaired) electrons. The molecule has 129 valence electrons. The fourth-order valence-electron chi connectivity index (χ4n) is 3.35. The zero-order valence-corrected chi connectivity index (χ0v) is 14.6. The molecular formula is C19H18NO4S. The third kappa shape index (κ3) is 3.35. The van der Waals surface area contributed by atoms with E-state index in [2.05, 4.69) is 0 Å². The maximum absolute atomic E-state index is 12.4. The van der Waals surface area contributed by atoms with Gasteiger partial charge in [-0.1, -0.05) is 48.5 Å². The fourth-order valence-corrected chi connectivity index (χ4v) is 5.13. The Hall–Kier alpha value is -2.47.